The van der Waals surface area contributed by atoms with Crippen LogP contribution < -0.4 is 0 Å². The number of benzene rings is 1. The van der Waals surface area contributed by atoms with Gasteiger partial charge in [0.25, 0.3) is 0 Å². The Labute approximate surface area is 113 Å². The summed E-state index contributed by atoms with van der Waals surface area (Å²) in [6, 6.07) is 7.53. The molecule has 0 saturated heterocycles. The van der Waals surface area contributed by atoms with Gasteiger partial charge in [0.1, 0.15) is 0 Å². The van der Waals surface area contributed by atoms with E-state index in [2.05, 4.69) is 20.8 Å². The summed E-state index contributed by atoms with van der Waals surface area (Å²) in [7, 11) is 0. The first-order chi connectivity index (χ1) is 8.70. The largest absolute Gasteiger partial charge is 0.481 e. The van der Waals surface area contributed by atoms with Gasteiger partial charge in [-0.3, -0.25) is 9.59 Å². The molecular formula is C15H20O4. The lowest BCUT2D eigenvalue weighted by Crippen LogP contribution is -2.13. The van der Waals surface area contributed by atoms with Crippen LogP contribution in [0.15, 0.2) is 24.3 Å². The summed E-state index contributed by atoms with van der Waals surface area (Å²) in [6.07, 6.45) is -0.331. The van der Waals surface area contributed by atoms with Crippen LogP contribution in [0.25, 0.3) is 0 Å². The molecule has 0 heterocycles. The monoisotopic (exact) mass is 264 g/mol. The molecular weight excluding hydrogens is 244 g/mol. The second-order valence-corrected chi connectivity index (χ2v) is 5.76. The first-order valence-corrected chi connectivity index (χ1v) is 6.24. The number of aliphatic carboxylic acids is 2. The Kier molecular flexibility index (Phi) is 4.70. The maximum absolute atomic E-state index is 10.8. The molecule has 0 saturated carbocycles. The average Bonchev–Trinajstić information content (AvgIpc) is 2.26. The third-order valence-electron chi connectivity index (χ3n) is 3.09. The number of carboxylic acids is 2. The fraction of sp³-hybridized carbons (Fsp3) is 0.467. The standard InChI is InChI=1S/C15H20O4/c1-15(2,3)12-6-4-10(5-7-12)11(8-13(16)17)9-14(18)19/h4-7,11H,8-9H2,1-3H3,(H,16,17)(H,18,19). The van der Waals surface area contributed by atoms with Gasteiger partial charge in [-0.15, -0.1) is 0 Å². The highest BCUT2D eigenvalue weighted by Gasteiger charge is 2.20. The Morgan fingerprint density at radius 3 is 1.74 bits per heavy atom. The van der Waals surface area contributed by atoms with Crippen LogP contribution in [0.2, 0.25) is 0 Å². The Morgan fingerprint density at radius 1 is 1.00 bits per heavy atom. The zero-order valence-electron chi connectivity index (χ0n) is 11.5. The van der Waals surface area contributed by atoms with E-state index >= 15 is 0 Å². The van der Waals surface area contributed by atoms with Gasteiger partial charge in [0, 0.05) is 5.92 Å². The molecule has 0 fully saturated rings. The molecule has 0 spiro atoms. The van der Waals surface area contributed by atoms with Crippen LogP contribution in [0, 0.1) is 0 Å². The summed E-state index contributed by atoms with van der Waals surface area (Å²) in [6.45, 7) is 6.27. The molecule has 0 aliphatic heterocycles. The van der Waals surface area contributed by atoms with Crippen LogP contribution in [0.5, 0.6) is 0 Å². The van der Waals surface area contributed by atoms with E-state index in [9.17, 15) is 9.59 Å². The summed E-state index contributed by atoms with van der Waals surface area (Å²) in [5.41, 5.74) is 1.92. The summed E-state index contributed by atoms with van der Waals surface area (Å²) in [5, 5.41) is 17.7. The van der Waals surface area contributed by atoms with Crippen molar-refractivity contribution in [2.24, 2.45) is 0 Å². The molecule has 104 valence electrons. The lowest BCUT2D eigenvalue weighted by atomic mass is 9.84. The Hall–Kier alpha value is -1.84. The molecule has 0 atom stereocenters. The van der Waals surface area contributed by atoms with Crippen molar-refractivity contribution in [1.82, 2.24) is 0 Å². The van der Waals surface area contributed by atoms with E-state index in [1.165, 1.54) is 0 Å². The Morgan fingerprint density at radius 2 is 1.42 bits per heavy atom. The van der Waals surface area contributed by atoms with Gasteiger partial charge in [0.15, 0.2) is 0 Å². The van der Waals surface area contributed by atoms with Gasteiger partial charge in [0.05, 0.1) is 12.8 Å². The highest BCUT2D eigenvalue weighted by Crippen LogP contribution is 2.27. The van der Waals surface area contributed by atoms with Crippen LogP contribution in [0.1, 0.15) is 50.7 Å². The lowest BCUT2D eigenvalue weighted by molar-refractivity contribution is -0.139. The van der Waals surface area contributed by atoms with Crippen molar-refractivity contribution < 1.29 is 19.8 Å². The fourth-order valence-corrected chi connectivity index (χ4v) is 1.98. The van der Waals surface area contributed by atoms with Gasteiger partial charge in [0.2, 0.25) is 0 Å². The molecule has 0 bridgehead atoms. The number of carbonyl (C=O) groups is 2. The first kappa shape index (κ1) is 15.2. The van der Waals surface area contributed by atoms with E-state index in [-0.39, 0.29) is 18.3 Å². The maximum Gasteiger partial charge on any atom is 0.303 e. The van der Waals surface area contributed by atoms with Gasteiger partial charge in [-0.05, 0) is 16.5 Å². The average molecular weight is 264 g/mol. The van der Waals surface area contributed by atoms with Crippen molar-refractivity contribution in [2.75, 3.05) is 0 Å². The predicted molar refractivity (Wildman–Crippen MR) is 72.4 cm³/mol. The van der Waals surface area contributed by atoms with E-state index in [4.69, 9.17) is 10.2 Å². The third kappa shape index (κ3) is 4.73. The van der Waals surface area contributed by atoms with E-state index < -0.39 is 17.9 Å². The zero-order valence-corrected chi connectivity index (χ0v) is 11.5. The van der Waals surface area contributed by atoms with Gasteiger partial charge in [-0.1, -0.05) is 45.0 Å². The van der Waals surface area contributed by atoms with Crippen LogP contribution >= 0.6 is 0 Å². The molecule has 4 heteroatoms. The second-order valence-electron chi connectivity index (χ2n) is 5.76. The van der Waals surface area contributed by atoms with Crippen molar-refractivity contribution in [3.8, 4) is 0 Å². The molecule has 0 amide bonds. The molecule has 1 aromatic carbocycles. The van der Waals surface area contributed by atoms with Gasteiger partial charge < -0.3 is 10.2 Å². The van der Waals surface area contributed by atoms with Crippen LogP contribution in [0.4, 0.5) is 0 Å². The molecule has 0 unspecified atom stereocenters. The summed E-state index contributed by atoms with van der Waals surface area (Å²) in [5.74, 6) is -2.44. The van der Waals surface area contributed by atoms with E-state index in [0.29, 0.717) is 0 Å². The molecule has 19 heavy (non-hydrogen) atoms. The van der Waals surface area contributed by atoms with Gasteiger partial charge in [-0.25, -0.2) is 0 Å². The van der Waals surface area contributed by atoms with E-state index in [1.54, 1.807) is 0 Å². The highest BCUT2D eigenvalue weighted by atomic mass is 16.4. The topological polar surface area (TPSA) is 74.6 Å². The van der Waals surface area contributed by atoms with Gasteiger partial charge in [-0.2, -0.15) is 0 Å². The minimum Gasteiger partial charge on any atom is -0.481 e. The normalized spacial score (nSPS) is 11.6. The Balaban J connectivity index is 2.96. The molecule has 1 rings (SSSR count). The van der Waals surface area contributed by atoms with Crippen LogP contribution in [0.3, 0.4) is 0 Å². The van der Waals surface area contributed by atoms with Crippen LogP contribution in [-0.2, 0) is 15.0 Å². The second kappa shape index (κ2) is 5.87. The van der Waals surface area contributed by atoms with Crippen molar-refractivity contribution in [1.29, 1.82) is 0 Å². The molecule has 1 aromatic rings. The summed E-state index contributed by atoms with van der Waals surface area (Å²) in [4.78, 5) is 21.6. The molecule has 2 N–H and O–H groups in total. The van der Waals surface area contributed by atoms with Gasteiger partial charge >= 0.3 is 11.9 Å². The first-order valence-electron chi connectivity index (χ1n) is 6.24. The van der Waals surface area contributed by atoms with E-state index in [1.807, 2.05) is 24.3 Å². The molecule has 4 nitrogen and oxygen atoms in total. The molecule has 0 radical (unpaired) electrons. The fourth-order valence-electron chi connectivity index (χ4n) is 1.98. The quantitative estimate of drug-likeness (QED) is 0.857. The lowest BCUT2D eigenvalue weighted by Gasteiger charge is -2.20. The smallest absolute Gasteiger partial charge is 0.303 e. The van der Waals surface area contributed by atoms with Crippen molar-refractivity contribution in [2.45, 2.75) is 44.9 Å². The zero-order chi connectivity index (χ0) is 14.6. The van der Waals surface area contributed by atoms with E-state index in [0.717, 1.165) is 11.1 Å². The van der Waals surface area contributed by atoms with Crippen molar-refractivity contribution in [3.05, 3.63) is 35.4 Å². The maximum atomic E-state index is 10.8. The highest BCUT2D eigenvalue weighted by molar-refractivity contribution is 5.72. The van der Waals surface area contributed by atoms with Crippen LogP contribution in [-0.4, -0.2) is 22.2 Å². The SMILES string of the molecule is CC(C)(C)c1ccc(C(CC(=O)O)CC(=O)O)cc1. The number of rotatable bonds is 5. The number of hydrogen-bond acceptors (Lipinski definition) is 2. The molecule has 0 aromatic heterocycles. The minimum atomic E-state index is -0.980. The molecule has 0 aliphatic rings. The Bertz CT molecular complexity index is 438. The number of carboxylic acid groups (broad SMARTS) is 2. The minimum absolute atomic E-state index is 0.0215. The number of hydrogen-bond donors (Lipinski definition) is 2. The summed E-state index contributed by atoms with van der Waals surface area (Å²) < 4.78 is 0. The third-order valence-corrected chi connectivity index (χ3v) is 3.09. The van der Waals surface area contributed by atoms with Crippen molar-refractivity contribution >= 4 is 11.9 Å². The molecule has 0 aliphatic carbocycles. The predicted octanol–water partition coefficient (Wildman–Crippen LogP) is 3.02. The van der Waals surface area contributed by atoms with Crippen molar-refractivity contribution in [3.63, 3.8) is 0 Å². The summed E-state index contributed by atoms with van der Waals surface area (Å²) >= 11 is 0.